The summed E-state index contributed by atoms with van der Waals surface area (Å²) in [5.74, 6) is -0.173. The third-order valence-electron chi connectivity index (χ3n) is 2.06. The van der Waals surface area contributed by atoms with Gasteiger partial charge in [0.1, 0.15) is 11.0 Å². The minimum absolute atomic E-state index is 0.198. The minimum atomic E-state index is -0.649. The first-order valence-electron chi connectivity index (χ1n) is 4.82. The van der Waals surface area contributed by atoms with E-state index in [1.165, 1.54) is 18.3 Å². The Morgan fingerprint density at radius 3 is 2.94 bits per heavy atom. The first-order chi connectivity index (χ1) is 8.06. The highest BCUT2D eigenvalue weighted by molar-refractivity contribution is 5.78. The first kappa shape index (κ1) is 11.1. The van der Waals surface area contributed by atoms with Gasteiger partial charge in [-0.05, 0) is 13.0 Å². The molecule has 1 aliphatic rings. The third kappa shape index (κ3) is 2.41. The van der Waals surface area contributed by atoms with Crippen LogP contribution in [-0.4, -0.2) is 34.9 Å². The lowest BCUT2D eigenvalue weighted by Gasteiger charge is -2.02. The molecule has 0 saturated carbocycles. The molecular weight excluding hydrogens is 230 g/mol. The largest absolute Gasteiger partial charge is 0.443 e. The number of rotatable bonds is 3. The molecule has 8 nitrogen and oxygen atoms in total. The van der Waals surface area contributed by atoms with Gasteiger partial charge in [0.15, 0.2) is 5.76 Å². The highest BCUT2D eigenvalue weighted by Crippen LogP contribution is 2.15. The summed E-state index contributed by atoms with van der Waals surface area (Å²) in [6, 6.07) is 2.61. The number of nitrogens with zero attached hydrogens (tertiary/aromatic N) is 3. The van der Waals surface area contributed by atoms with Gasteiger partial charge in [-0.2, -0.15) is 10.1 Å². The van der Waals surface area contributed by atoms with Crippen molar-refractivity contribution in [2.75, 3.05) is 6.54 Å². The Bertz CT molecular complexity index is 481. The van der Waals surface area contributed by atoms with Gasteiger partial charge in [-0.25, -0.2) is 4.79 Å². The maximum atomic E-state index is 11.2. The normalized spacial score (nSPS) is 19.9. The lowest BCUT2D eigenvalue weighted by atomic mass is 10.4. The molecule has 90 valence electrons. The van der Waals surface area contributed by atoms with Crippen molar-refractivity contribution >= 4 is 18.2 Å². The molecule has 1 amide bonds. The number of carbonyl (C=O) groups is 1. The fourth-order valence-corrected chi connectivity index (χ4v) is 1.32. The summed E-state index contributed by atoms with van der Waals surface area (Å²) in [4.78, 5) is 20.9. The van der Waals surface area contributed by atoms with Crippen molar-refractivity contribution in [2.45, 2.75) is 13.0 Å². The number of amides is 1. The maximum Gasteiger partial charge on any atom is 0.433 e. The summed E-state index contributed by atoms with van der Waals surface area (Å²) < 4.78 is 9.68. The number of cyclic esters (lactones) is 1. The Labute approximate surface area is 95.6 Å². The number of hydrazone groups is 1. The van der Waals surface area contributed by atoms with Crippen LogP contribution < -0.4 is 0 Å². The van der Waals surface area contributed by atoms with Crippen molar-refractivity contribution in [2.24, 2.45) is 5.10 Å². The van der Waals surface area contributed by atoms with Crippen LogP contribution in [0, 0.1) is 10.1 Å². The standard InChI is InChI=1S/C9H9N3O5/c1-6-5-11(9(13)16-6)10-4-7-2-3-8(17-7)12(14)15/h2-4,6H,5H2,1H3/b10-4-. The van der Waals surface area contributed by atoms with Crippen LogP contribution in [0.5, 0.6) is 0 Å². The second-order valence-electron chi connectivity index (χ2n) is 3.45. The summed E-state index contributed by atoms with van der Waals surface area (Å²) in [5.41, 5.74) is 0. The second kappa shape index (κ2) is 4.24. The lowest BCUT2D eigenvalue weighted by Crippen LogP contribution is -2.18. The van der Waals surface area contributed by atoms with E-state index in [-0.39, 0.29) is 17.7 Å². The van der Waals surface area contributed by atoms with Gasteiger partial charge in [-0.3, -0.25) is 10.1 Å². The second-order valence-corrected chi connectivity index (χ2v) is 3.45. The quantitative estimate of drug-likeness (QED) is 0.450. The molecule has 1 atom stereocenters. The van der Waals surface area contributed by atoms with E-state index in [4.69, 9.17) is 9.15 Å². The fourth-order valence-electron chi connectivity index (χ4n) is 1.32. The number of ether oxygens (including phenoxy) is 1. The average Bonchev–Trinajstić information content (AvgIpc) is 2.82. The van der Waals surface area contributed by atoms with E-state index in [0.717, 1.165) is 5.01 Å². The fraction of sp³-hybridized carbons (Fsp3) is 0.333. The van der Waals surface area contributed by atoms with Crippen LogP contribution in [0.25, 0.3) is 0 Å². The van der Waals surface area contributed by atoms with Crippen molar-refractivity contribution in [3.63, 3.8) is 0 Å². The predicted molar refractivity (Wildman–Crippen MR) is 55.6 cm³/mol. The van der Waals surface area contributed by atoms with Gasteiger partial charge in [0.05, 0.1) is 18.8 Å². The Morgan fingerprint density at radius 1 is 1.65 bits per heavy atom. The van der Waals surface area contributed by atoms with Crippen LogP contribution in [0.2, 0.25) is 0 Å². The van der Waals surface area contributed by atoms with Crippen LogP contribution in [0.15, 0.2) is 21.7 Å². The molecule has 2 heterocycles. The molecule has 0 N–H and O–H groups in total. The summed E-state index contributed by atoms with van der Waals surface area (Å²) in [6.07, 6.45) is 0.465. The molecule has 1 aromatic heterocycles. The minimum Gasteiger partial charge on any atom is -0.443 e. The van der Waals surface area contributed by atoms with Crippen LogP contribution in [0.1, 0.15) is 12.7 Å². The highest BCUT2D eigenvalue weighted by atomic mass is 16.6. The molecule has 8 heteroatoms. The van der Waals surface area contributed by atoms with Crippen molar-refractivity contribution in [1.82, 2.24) is 5.01 Å². The van der Waals surface area contributed by atoms with Gasteiger partial charge < -0.3 is 9.15 Å². The Hall–Kier alpha value is -2.38. The van der Waals surface area contributed by atoms with Crippen LogP contribution in [0.3, 0.4) is 0 Å². The van der Waals surface area contributed by atoms with Gasteiger partial charge >= 0.3 is 12.0 Å². The summed E-state index contributed by atoms with van der Waals surface area (Å²) in [7, 11) is 0. The maximum absolute atomic E-state index is 11.2. The van der Waals surface area contributed by atoms with E-state index in [2.05, 4.69) is 5.10 Å². The first-order valence-corrected chi connectivity index (χ1v) is 4.82. The van der Waals surface area contributed by atoms with E-state index in [0.29, 0.717) is 6.54 Å². The number of furan rings is 1. The van der Waals surface area contributed by atoms with E-state index in [1.807, 2.05) is 0 Å². The zero-order valence-electron chi connectivity index (χ0n) is 8.90. The molecule has 1 saturated heterocycles. The SMILES string of the molecule is CC1CN(/N=C\c2ccc([N+](=O)[O-])o2)C(=O)O1. The number of carbonyl (C=O) groups excluding carboxylic acids is 1. The van der Waals surface area contributed by atoms with Crippen molar-refractivity contribution in [3.8, 4) is 0 Å². The predicted octanol–water partition coefficient (Wildman–Crippen LogP) is 1.36. The van der Waals surface area contributed by atoms with Gasteiger partial charge in [0.25, 0.3) is 0 Å². The smallest absolute Gasteiger partial charge is 0.433 e. The molecule has 0 spiro atoms. The van der Waals surface area contributed by atoms with Crippen LogP contribution >= 0.6 is 0 Å². The lowest BCUT2D eigenvalue weighted by molar-refractivity contribution is -0.402. The number of hydrogen-bond donors (Lipinski definition) is 0. The van der Waals surface area contributed by atoms with E-state index >= 15 is 0 Å². The number of hydrogen-bond acceptors (Lipinski definition) is 6. The Balaban J connectivity index is 2.05. The van der Waals surface area contributed by atoms with Gasteiger partial charge in [-0.1, -0.05) is 0 Å². The van der Waals surface area contributed by atoms with Gasteiger partial charge in [0, 0.05) is 0 Å². The molecule has 17 heavy (non-hydrogen) atoms. The molecule has 0 aliphatic carbocycles. The van der Waals surface area contributed by atoms with Crippen LogP contribution in [-0.2, 0) is 4.74 Å². The van der Waals surface area contributed by atoms with Gasteiger partial charge in [-0.15, -0.1) is 0 Å². The van der Waals surface area contributed by atoms with Crippen LogP contribution in [0.4, 0.5) is 10.7 Å². The van der Waals surface area contributed by atoms with Gasteiger partial charge in [0.2, 0.25) is 0 Å². The molecule has 0 bridgehead atoms. The molecule has 1 aliphatic heterocycles. The van der Waals surface area contributed by atoms with E-state index < -0.39 is 11.0 Å². The van der Waals surface area contributed by atoms with Crippen molar-refractivity contribution in [3.05, 3.63) is 28.0 Å². The number of nitro groups is 1. The monoisotopic (exact) mass is 239 g/mol. The molecule has 1 fully saturated rings. The summed E-state index contributed by atoms with van der Waals surface area (Å²) in [6.45, 7) is 2.09. The van der Waals surface area contributed by atoms with E-state index in [1.54, 1.807) is 6.92 Å². The molecule has 1 aromatic rings. The zero-order chi connectivity index (χ0) is 12.4. The summed E-state index contributed by atoms with van der Waals surface area (Å²) in [5, 5.41) is 15.3. The van der Waals surface area contributed by atoms with E-state index in [9.17, 15) is 14.9 Å². The molecule has 1 unspecified atom stereocenters. The highest BCUT2D eigenvalue weighted by Gasteiger charge is 2.27. The molecule has 0 aromatic carbocycles. The molecular formula is C9H9N3O5. The third-order valence-corrected chi connectivity index (χ3v) is 2.06. The average molecular weight is 239 g/mol. The Kier molecular flexibility index (Phi) is 2.77. The van der Waals surface area contributed by atoms with Crippen molar-refractivity contribution in [1.29, 1.82) is 0 Å². The molecule has 0 radical (unpaired) electrons. The topological polar surface area (TPSA) is 98.2 Å². The summed E-state index contributed by atoms with van der Waals surface area (Å²) >= 11 is 0. The molecule has 2 rings (SSSR count). The van der Waals surface area contributed by atoms with Crippen molar-refractivity contribution < 1.29 is 18.9 Å². The zero-order valence-corrected chi connectivity index (χ0v) is 8.90. The Morgan fingerprint density at radius 2 is 2.41 bits per heavy atom.